The summed E-state index contributed by atoms with van der Waals surface area (Å²) in [5.74, 6) is -0.668. The molecule has 1 saturated carbocycles. The molecule has 1 amide bonds. The number of ether oxygens (including phenoxy) is 1. The van der Waals surface area contributed by atoms with Crippen LogP contribution in [0.5, 0.6) is 0 Å². The number of amides is 1. The van der Waals surface area contributed by atoms with Gasteiger partial charge in [-0.2, -0.15) is 5.10 Å². The second-order valence-corrected chi connectivity index (χ2v) is 8.25. The molecule has 160 valence electrons. The van der Waals surface area contributed by atoms with Crippen LogP contribution in [0.2, 0.25) is 5.02 Å². The van der Waals surface area contributed by atoms with Crippen LogP contribution in [-0.4, -0.2) is 39.8 Å². The van der Waals surface area contributed by atoms with E-state index < -0.39 is 12.6 Å². The molecule has 4 rings (SSSR count). The molecule has 1 aromatic carbocycles. The smallest absolute Gasteiger partial charge is 0.359 e. The van der Waals surface area contributed by atoms with Crippen LogP contribution in [0.4, 0.5) is 0 Å². The topological polar surface area (TPSA) is 86.1 Å². The fourth-order valence-electron chi connectivity index (χ4n) is 3.58. The van der Waals surface area contributed by atoms with Crippen molar-refractivity contribution in [3.8, 4) is 5.82 Å². The van der Waals surface area contributed by atoms with E-state index in [4.69, 9.17) is 16.3 Å². The molecular weight excluding hydrogens is 416 g/mol. The van der Waals surface area contributed by atoms with Crippen molar-refractivity contribution in [1.82, 2.24) is 20.1 Å². The maximum atomic E-state index is 12.5. The Morgan fingerprint density at radius 3 is 2.55 bits per heavy atom. The molecule has 0 unspecified atom stereocenters. The third-order valence-corrected chi connectivity index (χ3v) is 5.75. The molecule has 0 atom stereocenters. The van der Waals surface area contributed by atoms with Crippen molar-refractivity contribution in [1.29, 1.82) is 0 Å². The summed E-state index contributed by atoms with van der Waals surface area (Å²) < 4.78 is 6.78. The van der Waals surface area contributed by atoms with E-state index >= 15 is 0 Å². The van der Waals surface area contributed by atoms with Crippen LogP contribution in [0.1, 0.15) is 40.3 Å². The number of rotatable bonds is 7. The van der Waals surface area contributed by atoms with Gasteiger partial charge in [0.25, 0.3) is 5.91 Å². The lowest BCUT2D eigenvalue weighted by Gasteiger charge is -2.16. The van der Waals surface area contributed by atoms with Gasteiger partial charge in [-0.25, -0.2) is 14.5 Å². The van der Waals surface area contributed by atoms with Crippen LogP contribution in [0.25, 0.3) is 5.82 Å². The minimum absolute atomic E-state index is 0.0140. The molecule has 1 N–H and O–H groups in total. The number of aromatic nitrogens is 3. The molecule has 0 saturated heterocycles. The maximum Gasteiger partial charge on any atom is 0.359 e. The number of carbonyl (C=O) groups is 2. The van der Waals surface area contributed by atoms with Crippen molar-refractivity contribution in [2.24, 2.45) is 0 Å². The summed E-state index contributed by atoms with van der Waals surface area (Å²) in [7, 11) is 0. The van der Waals surface area contributed by atoms with Crippen LogP contribution >= 0.6 is 11.6 Å². The van der Waals surface area contributed by atoms with E-state index in [2.05, 4.69) is 27.5 Å². The number of carbonyl (C=O) groups excluding carboxylic acids is 2. The van der Waals surface area contributed by atoms with Crippen molar-refractivity contribution < 1.29 is 14.3 Å². The first-order valence-electron chi connectivity index (χ1n) is 10.1. The zero-order chi connectivity index (χ0) is 22.0. The molecule has 8 heteroatoms. The van der Waals surface area contributed by atoms with E-state index in [1.807, 2.05) is 38.1 Å². The number of nitrogens with zero attached hydrogens (tertiary/aromatic N) is 3. The van der Waals surface area contributed by atoms with Crippen LogP contribution in [0.3, 0.4) is 0 Å². The highest BCUT2D eigenvalue weighted by Crippen LogP contribution is 2.47. The molecule has 1 fully saturated rings. The summed E-state index contributed by atoms with van der Waals surface area (Å²) in [6.07, 6.45) is 2.05. The highest BCUT2D eigenvalue weighted by Gasteiger charge is 2.44. The van der Waals surface area contributed by atoms with Gasteiger partial charge in [0.05, 0.1) is 10.7 Å². The molecule has 0 aliphatic heterocycles. The molecule has 1 aliphatic rings. The number of pyridine rings is 1. The molecular formula is C23H23ClN4O3. The zero-order valence-electron chi connectivity index (χ0n) is 17.4. The molecule has 1 aliphatic carbocycles. The summed E-state index contributed by atoms with van der Waals surface area (Å²) in [5.41, 5.74) is 2.85. The minimum Gasteiger partial charge on any atom is -0.451 e. The molecule has 31 heavy (non-hydrogen) atoms. The Morgan fingerprint density at radius 1 is 1.16 bits per heavy atom. The first-order chi connectivity index (χ1) is 14.9. The van der Waals surface area contributed by atoms with Crippen molar-refractivity contribution in [2.75, 3.05) is 13.2 Å². The number of aryl methyl sites for hydroxylation is 2. The lowest BCUT2D eigenvalue weighted by molar-refractivity contribution is -0.124. The van der Waals surface area contributed by atoms with Gasteiger partial charge in [-0.15, -0.1) is 0 Å². The molecule has 2 heterocycles. The maximum absolute atomic E-state index is 12.5. The first-order valence-corrected chi connectivity index (χ1v) is 10.5. The average molecular weight is 439 g/mol. The van der Waals surface area contributed by atoms with E-state index in [0.29, 0.717) is 12.4 Å². The third-order valence-electron chi connectivity index (χ3n) is 5.45. The van der Waals surface area contributed by atoms with E-state index in [1.165, 1.54) is 5.56 Å². The molecule has 2 aromatic heterocycles. The zero-order valence-corrected chi connectivity index (χ0v) is 18.1. The van der Waals surface area contributed by atoms with E-state index in [0.717, 1.165) is 24.2 Å². The van der Waals surface area contributed by atoms with Crippen molar-refractivity contribution in [3.05, 3.63) is 76.2 Å². The Labute approximate surface area is 185 Å². The summed E-state index contributed by atoms with van der Waals surface area (Å²) in [6, 6.07) is 15.2. The minimum atomic E-state index is -0.757. The van der Waals surface area contributed by atoms with E-state index in [1.54, 1.807) is 16.8 Å². The molecule has 7 nitrogen and oxygen atoms in total. The van der Waals surface area contributed by atoms with Gasteiger partial charge < -0.3 is 10.1 Å². The van der Waals surface area contributed by atoms with Crippen LogP contribution in [0, 0.1) is 13.8 Å². The summed E-state index contributed by atoms with van der Waals surface area (Å²) in [6.45, 7) is 3.88. The van der Waals surface area contributed by atoms with Gasteiger partial charge in [0, 0.05) is 17.7 Å². The molecule has 0 bridgehead atoms. The molecule has 0 spiro atoms. The Balaban J connectivity index is 1.36. The highest BCUT2D eigenvalue weighted by atomic mass is 35.5. The van der Waals surface area contributed by atoms with Gasteiger partial charge in [0.2, 0.25) is 0 Å². The number of esters is 1. The number of hydrogen-bond acceptors (Lipinski definition) is 5. The number of hydrogen-bond donors (Lipinski definition) is 1. The number of nitrogens with one attached hydrogen (secondary N) is 1. The fraction of sp³-hybridized carbons (Fsp3) is 0.304. The second-order valence-electron chi connectivity index (χ2n) is 7.84. The van der Waals surface area contributed by atoms with Gasteiger partial charge in [0.15, 0.2) is 18.1 Å². The standard InChI is InChI=1S/C23H23ClN4O3/c1-15-12-16(2)28(27-15)19-9-8-18(24)21(26-19)22(30)31-13-20(29)25-14-23(10-11-23)17-6-4-3-5-7-17/h3-9,12H,10-11,13-14H2,1-2H3,(H,25,29). The van der Waals surface area contributed by atoms with Crippen LogP contribution in [0.15, 0.2) is 48.5 Å². The Bertz CT molecular complexity index is 1120. The van der Waals surface area contributed by atoms with Crippen molar-refractivity contribution >= 4 is 23.5 Å². The monoisotopic (exact) mass is 438 g/mol. The van der Waals surface area contributed by atoms with Gasteiger partial charge in [-0.1, -0.05) is 41.9 Å². The Hall–Kier alpha value is -3.19. The highest BCUT2D eigenvalue weighted by molar-refractivity contribution is 6.33. The van der Waals surface area contributed by atoms with Crippen molar-refractivity contribution in [2.45, 2.75) is 32.1 Å². The summed E-state index contributed by atoms with van der Waals surface area (Å²) in [4.78, 5) is 29.0. The van der Waals surface area contributed by atoms with Crippen molar-refractivity contribution in [3.63, 3.8) is 0 Å². The lowest BCUT2D eigenvalue weighted by Crippen LogP contribution is -2.35. The number of benzene rings is 1. The Kier molecular flexibility index (Phi) is 5.78. The predicted octanol–water partition coefficient (Wildman–Crippen LogP) is 3.54. The third kappa shape index (κ3) is 4.61. The number of halogens is 1. The quantitative estimate of drug-likeness (QED) is 0.570. The SMILES string of the molecule is Cc1cc(C)n(-c2ccc(Cl)c(C(=O)OCC(=O)NCC3(c4ccccc4)CC3)n2)n1. The average Bonchev–Trinajstić information content (AvgIpc) is 3.49. The summed E-state index contributed by atoms with van der Waals surface area (Å²) >= 11 is 6.14. The largest absolute Gasteiger partial charge is 0.451 e. The van der Waals surface area contributed by atoms with Gasteiger partial charge >= 0.3 is 5.97 Å². The first kappa shape index (κ1) is 21.1. The van der Waals surface area contributed by atoms with Crippen LogP contribution in [-0.2, 0) is 14.9 Å². The van der Waals surface area contributed by atoms with Gasteiger partial charge in [-0.3, -0.25) is 4.79 Å². The van der Waals surface area contributed by atoms with E-state index in [-0.39, 0.29) is 22.0 Å². The molecule has 3 aromatic rings. The predicted molar refractivity (Wildman–Crippen MR) is 116 cm³/mol. The van der Waals surface area contributed by atoms with Gasteiger partial charge in [-0.05, 0) is 50.5 Å². The van der Waals surface area contributed by atoms with E-state index in [9.17, 15) is 9.59 Å². The van der Waals surface area contributed by atoms with Crippen LogP contribution < -0.4 is 5.32 Å². The van der Waals surface area contributed by atoms with Gasteiger partial charge in [0.1, 0.15) is 0 Å². The lowest BCUT2D eigenvalue weighted by atomic mass is 9.96. The Morgan fingerprint density at radius 2 is 1.90 bits per heavy atom. The summed E-state index contributed by atoms with van der Waals surface area (Å²) in [5, 5.41) is 7.38. The fourth-order valence-corrected chi connectivity index (χ4v) is 3.76. The second kappa shape index (κ2) is 8.51. The normalized spacial score (nSPS) is 14.2. The molecule has 0 radical (unpaired) electrons.